The molecule has 2 aromatic heterocycles. The Kier molecular flexibility index (Phi) is 5.94. The molecule has 0 spiro atoms. The van der Waals surface area contributed by atoms with Crippen molar-refractivity contribution in [3.05, 3.63) is 23.9 Å². The van der Waals surface area contributed by atoms with Gasteiger partial charge in [-0.2, -0.15) is 10.2 Å². The summed E-state index contributed by atoms with van der Waals surface area (Å²) in [6.45, 7) is 11.4. The predicted octanol–water partition coefficient (Wildman–Crippen LogP) is 2.52. The molecule has 2 N–H and O–H groups in total. The second kappa shape index (κ2) is 7.94. The van der Waals surface area contributed by atoms with E-state index in [0.29, 0.717) is 18.3 Å². The Morgan fingerprint density at radius 3 is 2.67 bits per heavy atom. The smallest absolute Gasteiger partial charge is 0.320 e. The van der Waals surface area contributed by atoms with Gasteiger partial charge in [0, 0.05) is 19.2 Å². The van der Waals surface area contributed by atoms with Gasteiger partial charge in [-0.3, -0.25) is 10.00 Å². The van der Waals surface area contributed by atoms with Crippen LogP contribution in [0.25, 0.3) is 0 Å². The highest BCUT2D eigenvalue weighted by Crippen LogP contribution is 2.20. The first kappa shape index (κ1) is 18.0. The van der Waals surface area contributed by atoms with E-state index in [2.05, 4.69) is 46.6 Å². The summed E-state index contributed by atoms with van der Waals surface area (Å²) < 4.78 is 3.69. The van der Waals surface area contributed by atoms with E-state index >= 15 is 0 Å². The van der Waals surface area contributed by atoms with Crippen LogP contribution >= 0.6 is 0 Å². The molecule has 0 aliphatic heterocycles. The summed E-state index contributed by atoms with van der Waals surface area (Å²) in [5, 5.41) is 14.3. The van der Waals surface area contributed by atoms with E-state index in [4.69, 9.17) is 0 Å². The average molecular weight is 333 g/mol. The van der Waals surface area contributed by atoms with Crippen LogP contribution in [-0.4, -0.2) is 37.1 Å². The molecule has 2 aromatic rings. The number of nitrogens with zero attached hydrogens (tertiary/aromatic N) is 5. The van der Waals surface area contributed by atoms with Gasteiger partial charge in [-0.25, -0.2) is 14.5 Å². The first-order valence-electron chi connectivity index (χ1n) is 8.35. The largest absolute Gasteiger partial charge is 0.338 e. The van der Waals surface area contributed by atoms with Crippen LogP contribution < -0.4 is 10.6 Å². The molecule has 0 radical (unpaired) electrons. The molecular formula is C16H27N7O. The lowest BCUT2D eigenvalue weighted by molar-refractivity contribution is 0.251. The number of hydrogen-bond donors (Lipinski definition) is 2. The lowest BCUT2D eigenvalue weighted by Crippen LogP contribution is -2.31. The fourth-order valence-corrected chi connectivity index (χ4v) is 2.38. The maximum absolute atomic E-state index is 12.0. The van der Waals surface area contributed by atoms with E-state index in [1.54, 1.807) is 12.3 Å². The first-order valence-corrected chi connectivity index (χ1v) is 8.35. The van der Waals surface area contributed by atoms with Gasteiger partial charge in [0.2, 0.25) is 0 Å². The van der Waals surface area contributed by atoms with Crippen molar-refractivity contribution in [2.45, 2.75) is 53.6 Å². The number of aromatic nitrogens is 5. The van der Waals surface area contributed by atoms with Gasteiger partial charge < -0.3 is 5.32 Å². The fraction of sp³-hybridized carbons (Fsp3) is 0.625. The molecule has 0 saturated heterocycles. The van der Waals surface area contributed by atoms with E-state index in [9.17, 15) is 4.79 Å². The highest BCUT2D eigenvalue weighted by atomic mass is 16.2. The van der Waals surface area contributed by atoms with Gasteiger partial charge >= 0.3 is 6.03 Å². The molecule has 8 nitrogen and oxygen atoms in total. The maximum Gasteiger partial charge on any atom is 0.320 e. The third kappa shape index (κ3) is 4.56. The fourth-order valence-electron chi connectivity index (χ4n) is 2.38. The summed E-state index contributed by atoms with van der Waals surface area (Å²) >= 11 is 0. The van der Waals surface area contributed by atoms with Crippen molar-refractivity contribution in [3.63, 3.8) is 0 Å². The van der Waals surface area contributed by atoms with E-state index in [1.165, 1.54) is 0 Å². The standard InChI is InChI=1S/C16H27N7O/c1-11(2)12(3)23-15(7-9-18-23)20-16(24)17-8-6-10-22-14(5)19-13(4)21-22/h7,9,11-12H,6,8,10H2,1-5H3,(H2,17,20,24)/t12-/m0/s1. The van der Waals surface area contributed by atoms with Gasteiger partial charge in [0.05, 0.1) is 12.2 Å². The molecular weight excluding hydrogens is 306 g/mol. The van der Waals surface area contributed by atoms with Crippen molar-refractivity contribution < 1.29 is 4.79 Å². The summed E-state index contributed by atoms with van der Waals surface area (Å²) in [6, 6.07) is 1.80. The number of nitrogens with one attached hydrogen (secondary N) is 2. The van der Waals surface area contributed by atoms with E-state index in [-0.39, 0.29) is 12.1 Å². The maximum atomic E-state index is 12.0. The minimum Gasteiger partial charge on any atom is -0.338 e. The van der Waals surface area contributed by atoms with Gasteiger partial charge in [0.15, 0.2) is 0 Å². The highest BCUT2D eigenvalue weighted by molar-refractivity contribution is 5.88. The van der Waals surface area contributed by atoms with Crippen molar-refractivity contribution in [2.75, 3.05) is 11.9 Å². The Morgan fingerprint density at radius 2 is 2.04 bits per heavy atom. The monoisotopic (exact) mass is 333 g/mol. The number of hydrogen-bond acceptors (Lipinski definition) is 4. The Hall–Kier alpha value is -2.38. The van der Waals surface area contributed by atoms with E-state index in [1.807, 2.05) is 23.2 Å². The molecule has 0 fully saturated rings. The van der Waals surface area contributed by atoms with Crippen LogP contribution in [0.15, 0.2) is 12.3 Å². The molecule has 132 valence electrons. The predicted molar refractivity (Wildman–Crippen MR) is 92.9 cm³/mol. The number of rotatable bonds is 7. The summed E-state index contributed by atoms with van der Waals surface area (Å²) in [5.41, 5.74) is 0. The van der Waals surface area contributed by atoms with Crippen molar-refractivity contribution in [1.82, 2.24) is 29.9 Å². The molecule has 2 heterocycles. The Morgan fingerprint density at radius 1 is 1.29 bits per heavy atom. The number of carbonyl (C=O) groups is 1. The second-order valence-corrected chi connectivity index (χ2v) is 6.31. The van der Waals surface area contributed by atoms with Gasteiger partial charge in [0.25, 0.3) is 0 Å². The summed E-state index contributed by atoms with van der Waals surface area (Å²) in [7, 11) is 0. The molecule has 24 heavy (non-hydrogen) atoms. The number of urea groups is 1. The summed E-state index contributed by atoms with van der Waals surface area (Å²) in [4.78, 5) is 16.3. The molecule has 2 rings (SSSR count). The van der Waals surface area contributed by atoms with Gasteiger partial charge in [0.1, 0.15) is 17.5 Å². The Balaban J connectivity index is 1.78. The molecule has 2 amide bonds. The minimum absolute atomic E-state index is 0.217. The third-order valence-electron chi connectivity index (χ3n) is 4.06. The zero-order chi connectivity index (χ0) is 17.7. The Bertz CT molecular complexity index is 674. The molecule has 0 aliphatic rings. The Labute approximate surface area is 142 Å². The van der Waals surface area contributed by atoms with Crippen molar-refractivity contribution in [3.8, 4) is 0 Å². The first-order chi connectivity index (χ1) is 11.4. The van der Waals surface area contributed by atoms with E-state index in [0.717, 1.165) is 24.6 Å². The van der Waals surface area contributed by atoms with E-state index < -0.39 is 0 Å². The van der Waals surface area contributed by atoms with Gasteiger partial charge in [-0.15, -0.1) is 0 Å². The lowest BCUT2D eigenvalue weighted by Gasteiger charge is -2.19. The molecule has 0 saturated carbocycles. The molecule has 1 atom stereocenters. The summed E-state index contributed by atoms with van der Waals surface area (Å²) in [6.07, 6.45) is 2.49. The summed E-state index contributed by atoms with van der Waals surface area (Å²) in [5.74, 6) is 2.80. The molecule has 0 unspecified atom stereocenters. The normalized spacial score (nSPS) is 12.4. The van der Waals surface area contributed by atoms with Crippen LogP contribution in [0.3, 0.4) is 0 Å². The molecule has 0 bridgehead atoms. The van der Waals surface area contributed by atoms with Crippen LogP contribution in [0.5, 0.6) is 0 Å². The van der Waals surface area contributed by atoms with Gasteiger partial charge in [-0.05, 0) is 33.1 Å². The number of aryl methyl sites for hydroxylation is 3. The zero-order valence-corrected chi connectivity index (χ0v) is 15.1. The number of carbonyl (C=O) groups excluding carboxylic acids is 1. The third-order valence-corrected chi connectivity index (χ3v) is 4.06. The van der Waals surface area contributed by atoms with Crippen LogP contribution in [-0.2, 0) is 6.54 Å². The SMILES string of the molecule is Cc1nc(C)n(CCCNC(=O)Nc2ccnn2[C@@H](C)C(C)C)n1. The molecule has 8 heteroatoms. The van der Waals surface area contributed by atoms with Gasteiger partial charge in [-0.1, -0.05) is 13.8 Å². The number of amides is 2. The van der Waals surface area contributed by atoms with Crippen LogP contribution in [0.2, 0.25) is 0 Å². The average Bonchev–Trinajstić information content (AvgIpc) is 3.09. The van der Waals surface area contributed by atoms with Crippen molar-refractivity contribution in [1.29, 1.82) is 0 Å². The van der Waals surface area contributed by atoms with Crippen LogP contribution in [0.1, 0.15) is 44.9 Å². The minimum atomic E-state index is -0.223. The van der Waals surface area contributed by atoms with Crippen LogP contribution in [0, 0.1) is 19.8 Å². The topological polar surface area (TPSA) is 89.7 Å². The van der Waals surface area contributed by atoms with Crippen molar-refractivity contribution >= 4 is 11.8 Å². The quantitative estimate of drug-likeness (QED) is 0.762. The van der Waals surface area contributed by atoms with Crippen LogP contribution in [0.4, 0.5) is 10.6 Å². The molecule has 0 aliphatic carbocycles. The molecule has 0 aromatic carbocycles. The van der Waals surface area contributed by atoms with Crippen molar-refractivity contribution in [2.24, 2.45) is 5.92 Å². The lowest BCUT2D eigenvalue weighted by atomic mass is 10.1. The zero-order valence-electron chi connectivity index (χ0n) is 15.1. The highest BCUT2D eigenvalue weighted by Gasteiger charge is 2.15. The second-order valence-electron chi connectivity index (χ2n) is 6.31. The number of anilines is 1.